The van der Waals surface area contributed by atoms with Crippen molar-refractivity contribution in [3.05, 3.63) is 46.7 Å². The summed E-state index contributed by atoms with van der Waals surface area (Å²) in [6, 6.07) is 9.57. The molecule has 6 nitrogen and oxygen atoms in total. The summed E-state index contributed by atoms with van der Waals surface area (Å²) >= 11 is 1.34. The summed E-state index contributed by atoms with van der Waals surface area (Å²) in [7, 11) is -1.98. The van der Waals surface area contributed by atoms with Crippen molar-refractivity contribution in [1.82, 2.24) is 4.72 Å². The smallest absolute Gasteiger partial charge is 0.265 e. The molecule has 23 heavy (non-hydrogen) atoms. The molecule has 2 aromatic rings. The van der Waals surface area contributed by atoms with E-state index in [1.165, 1.54) is 23.5 Å². The maximum absolute atomic E-state index is 12.1. The summed E-state index contributed by atoms with van der Waals surface area (Å²) < 4.78 is 31.5. The van der Waals surface area contributed by atoms with Gasteiger partial charge < -0.3 is 10.1 Å². The van der Waals surface area contributed by atoms with Crippen LogP contribution < -0.4 is 10.0 Å². The number of ether oxygens (including phenoxy) is 1. The highest BCUT2D eigenvalue weighted by atomic mass is 32.2. The molecule has 0 saturated heterocycles. The van der Waals surface area contributed by atoms with Gasteiger partial charge in [0.15, 0.2) is 0 Å². The molecule has 0 aliphatic rings. The lowest BCUT2D eigenvalue weighted by molar-refractivity contribution is 0.103. The third kappa shape index (κ3) is 5.14. The van der Waals surface area contributed by atoms with Gasteiger partial charge in [-0.1, -0.05) is 6.07 Å². The molecule has 0 spiro atoms. The molecule has 1 amide bonds. The molecule has 1 aromatic heterocycles. The van der Waals surface area contributed by atoms with Gasteiger partial charge in [-0.25, -0.2) is 13.1 Å². The van der Waals surface area contributed by atoms with Gasteiger partial charge in [-0.15, -0.1) is 11.3 Å². The Morgan fingerprint density at radius 2 is 1.96 bits per heavy atom. The van der Waals surface area contributed by atoms with Crippen molar-refractivity contribution in [2.24, 2.45) is 0 Å². The van der Waals surface area contributed by atoms with E-state index >= 15 is 0 Å². The number of hydrogen-bond acceptors (Lipinski definition) is 5. The summed E-state index contributed by atoms with van der Waals surface area (Å²) in [5, 5.41) is 4.54. The van der Waals surface area contributed by atoms with E-state index in [9.17, 15) is 13.2 Å². The van der Waals surface area contributed by atoms with Crippen molar-refractivity contribution in [3.63, 3.8) is 0 Å². The first-order valence-corrected chi connectivity index (χ1v) is 9.33. The van der Waals surface area contributed by atoms with Crippen LogP contribution in [-0.4, -0.2) is 34.6 Å². The maximum Gasteiger partial charge on any atom is 0.265 e. The van der Waals surface area contributed by atoms with Crippen LogP contribution in [0.5, 0.6) is 0 Å². The van der Waals surface area contributed by atoms with Gasteiger partial charge in [0.25, 0.3) is 5.91 Å². The van der Waals surface area contributed by atoms with Gasteiger partial charge in [0.1, 0.15) is 0 Å². The number of benzene rings is 1. The number of amides is 1. The zero-order valence-electron chi connectivity index (χ0n) is 12.6. The van der Waals surface area contributed by atoms with Crippen molar-refractivity contribution in [2.45, 2.75) is 11.3 Å². The van der Waals surface area contributed by atoms with Gasteiger partial charge in [-0.3, -0.25) is 4.79 Å². The number of carbonyl (C=O) groups is 1. The van der Waals surface area contributed by atoms with E-state index in [0.29, 0.717) is 30.1 Å². The minimum Gasteiger partial charge on any atom is -0.385 e. The monoisotopic (exact) mass is 354 g/mol. The Kier molecular flexibility index (Phi) is 6.28. The number of thiophene rings is 1. The van der Waals surface area contributed by atoms with E-state index < -0.39 is 10.0 Å². The van der Waals surface area contributed by atoms with Gasteiger partial charge in [0, 0.05) is 25.9 Å². The second-order valence-corrected chi connectivity index (χ2v) is 7.41. The number of anilines is 1. The van der Waals surface area contributed by atoms with Crippen LogP contribution in [0, 0.1) is 0 Å². The number of rotatable bonds is 8. The van der Waals surface area contributed by atoms with Crippen molar-refractivity contribution in [1.29, 1.82) is 0 Å². The molecule has 8 heteroatoms. The van der Waals surface area contributed by atoms with E-state index in [1.807, 2.05) is 5.38 Å². The molecule has 1 aromatic carbocycles. The molecule has 0 saturated carbocycles. The fraction of sp³-hybridized carbons (Fsp3) is 0.267. The fourth-order valence-corrected chi connectivity index (χ4v) is 3.52. The highest BCUT2D eigenvalue weighted by Crippen LogP contribution is 2.16. The van der Waals surface area contributed by atoms with Crippen LogP contribution in [0.25, 0.3) is 0 Å². The largest absolute Gasteiger partial charge is 0.385 e. The van der Waals surface area contributed by atoms with Crippen LogP contribution in [0.3, 0.4) is 0 Å². The first-order chi connectivity index (χ1) is 11.0. The standard InChI is InChI=1S/C15H18N2O4S2/c1-21-10-3-9-16-23(19,20)13-7-5-12(6-8-13)17-15(18)14-4-2-11-22-14/h2,4-8,11,16H,3,9-10H2,1H3,(H,17,18). The lowest BCUT2D eigenvalue weighted by atomic mass is 10.3. The van der Waals surface area contributed by atoms with Gasteiger partial charge in [-0.05, 0) is 42.1 Å². The number of sulfonamides is 1. The summed E-state index contributed by atoms with van der Waals surface area (Å²) in [5.41, 5.74) is 0.543. The first-order valence-electron chi connectivity index (χ1n) is 6.96. The minimum absolute atomic E-state index is 0.157. The van der Waals surface area contributed by atoms with Crippen molar-refractivity contribution < 1.29 is 17.9 Å². The highest BCUT2D eigenvalue weighted by Gasteiger charge is 2.13. The van der Waals surface area contributed by atoms with E-state index in [-0.39, 0.29) is 10.8 Å². The molecule has 2 N–H and O–H groups in total. The van der Waals surface area contributed by atoms with Gasteiger partial charge in [0.05, 0.1) is 9.77 Å². The molecule has 0 unspecified atom stereocenters. The predicted molar refractivity (Wildman–Crippen MR) is 90.4 cm³/mol. The van der Waals surface area contributed by atoms with Crippen molar-refractivity contribution in [3.8, 4) is 0 Å². The van der Waals surface area contributed by atoms with Crippen LogP contribution in [0.4, 0.5) is 5.69 Å². The van der Waals surface area contributed by atoms with Crippen LogP contribution in [0.1, 0.15) is 16.1 Å². The van der Waals surface area contributed by atoms with E-state index in [0.717, 1.165) is 0 Å². The Labute approximate surface area is 139 Å². The molecule has 0 atom stereocenters. The molecule has 0 fully saturated rings. The van der Waals surface area contributed by atoms with Crippen molar-refractivity contribution in [2.75, 3.05) is 25.6 Å². The third-order valence-corrected chi connectivity index (χ3v) is 5.33. The summed E-state index contributed by atoms with van der Waals surface area (Å²) in [4.78, 5) is 12.7. The summed E-state index contributed by atoms with van der Waals surface area (Å²) in [6.07, 6.45) is 0.602. The summed E-state index contributed by atoms with van der Waals surface area (Å²) in [6.45, 7) is 0.809. The first kappa shape index (κ1) is 17.6. The average Bonchev–Trinajstić information content (AvgIpc) is 3.07. The molecule has 1 heterocycles. The summed E-state index contributed by atoms with van der Waals surface area (Å²) in [5.74, 6) is -0.215. The van der Waals surface area contributed by atoms with Crippen LogP contribution in [0.15, 0.2) is 46.7 Å². The Morgan fingerprint density at radius 1 is 1.22 bits per heavy atom. The number of nitrogens with one attached hydrogen (secondary N) is 2. The topological polar surface area (TPSA) is 84.5 Å². The van der Waals surface area contributed by atoms with Gasteiger partial charge in [-0.2, -0.15) is 0 Å². The van der Waals surface area contributed by atoms with Crippen LogP contribution in [-0.2, 0) is 14.8 Å². The zero-order valence-corrected chi connectivity index (χ0v) is 14.2. The Bertz CT molecular complexity index is 725. The average molecular weight is 354 g/mol. The molecule has 0 aliphatic carbocycles. The SMILES string of the molecule is COCCCNS(=O)(=O)c1ccc(NC(=O)c2cccs2)cc1. The number of methoxy groups -OCH3 is 1. The second-order valence-electron chi connectivity index (χ2n) is 4.70. The van der Waals surface area contributed by atoms with E-state index in [4.69, 9.17) is 4.74 Å². The molecule has 0 aliphatic heterocycles. The molecule has 0 bridgehead atoms. The Morgan fingerprint density at radius 3 is 2.57 bits per heavy atom. The normalized spacial score (nSPS) is 11.3. The minimum atomic E-state index is -3.55. The molecular weight excluding hydrogens is 336 g/mol. The number of carbonyl (C=O) groups excluding carboxylic acids is 1. The van der Waals surface area contributed by atoms with Crippen LogP contribution >= 0.6 is 11.3 Å². The van der Waals surface area contributed by atoms with Crippen molar-refractivity contribution >= 4 is 33.0 Å². The van der Waals surface area contributed by atoms with Crippen LogP contribution in [0.2, 0.25) is 0 Å². The Hall–Kier alpha value is -1.74. The van der Waals surface area contributed by atoms with E-state index in [1.54, 1.807) is 31.4 Å². The quantitative estimate of drug-likeness (QED) is 0.713. The zero-order chi connectivity index (χ0) is 16.7. The fourth-order valence-electron chi connectivity index (χ4n) is 1.82. The van der Waals surface area contributed by atoms with E-state index in [2.05, 4.69) is 10.0 Å². The molecular formula is C15H18N2O4S2. The molecule has 124 valence electrons. The number of hydrogen-bond donors (Lipinski definition) is 2. The van der Waals surface area contributed by atoms with Gasteiger partial charge in [0.2, 0.25) is 10.0 Å². The molecule has 2 rings (SSSR count). The third-order valence-electron chi connectivity index (χ3n) is 2.98. The second kappa shape index (κ2) is 8.21. The molecule has 0 radical (unpaired) electrons. The lowest BCUT2D eigenvalue weighted by Gasteiger charge is -2.08. The highest BCUT2D eigenvalue weighted by molar-refractivity contribution is 7.89. The Balaban J connectivity index is 1.97. The maximum atomic E-state index is 12.1. The predicted octanol–water partition coefficient (Wildman–Crippen LogP) is 2.32. The lowest BCUT2D eigenvalue weighted by Crippen LogP contribution is -2.25. The van der Waals surface area contributed by atoms with Gasteiger partial charge >= 0.3 is 0 Å².